The van der Waals surface area contributed by atoms with Gasteiger partial charge in [-0.2, -0.15) is 0 Å². The van der Waals surface area contributed by atoms with E-state index in [0.29, 0.717) is 24.4 Å². The molecule has 0 aromatic heterocycles. The molecule has 0 aromatic rings. The van der Waals surface area contributed by atoms with Gasteiger partial charge in [0, 0.05) is 35.7 Å². The third-order valence-electron chi connectivity index (χ3n) is 7.61. The van der Waals surface area contributed by atoms with Gasteiger partial charge >= 0.3 is 0 Å². The van der Waals surface area contributed by atoms with Crippen LogP contribution in [0.2, 0.25) is 0 Å². The fraction of sp³-hybridized carbons (Fsp3) is 0.773. The standard InChI is InChI=1S/C22H35N5O5S/c1-12-17-16(13(2)28)21(30)26(17)18(22(31)32)19(12)33-14-10-15(25-11-14)20(29)24-6-9-27(3)7-4-23-5-8-27/h12-17,23,25,28H,4-11H2,1-3H3,(H-,24,29,31,32)/t12-,13-,14+,15+,16?,17?/m1/s1. The maximum Gasteiger partial charge on any atom is 0.237 e. The Balaban J connectivity index is 1.32. The van der Waals surface area contributed by atoms with Crippen molar-refractivity contribution in [2.24, 2.45) is 11.8 Å². The Hall–Kier alpha value is -1.66. The molecule has 3 saturated heterocycles. The van der Waals surface area contributed by atoms with E-state index in [1.165, 1.54) is 16.7 Å². The van der Waals surface area contributed by atoms with Crippen LogP contribution < -0.4 is 21.1 Å². The van der Waals surface area contributed by atoms with Gasteiger partial charge in [-0.3, -0.25) is 9.59 Å². The number of carbonyl (C=O) groups excluding carboxylic acids is 3. The Morgan fingerprint density at radius 2 is 2.06 bits per heavy atom. The van der Waals surface area contributed by atoms with Crippen LogP contribution in [0.4, 0.5) is 0 Å². The first-order valence-corrected chi connectivity index (χ1v) is 12.7. The van der Waals surface area contributed by atoms with E-state index in [0.717, 1.165) is 37.2 Å². The number of hydrogen-bond donors (Lipinski definition) is 4. The van der Waals surface area contributed by atoms with E-state index < -0.39 is 18.0 Å². The molecule has 184 valence electrons. The predicted molar refractivity (Wildman–Crippen MR) is 121 cm³/mol. The number of carboxylic acids is 1. The van der Waals surface area contributed by atoms with Crippen LogP contribution in [0.25, 0.3) is 0 Å². The van der Waals surface area contributed by atoms with E-state index in [1.807, 2.05) is 6.92 Å². The van der Waals surface area contributed by atoms with Crippen molar-refractivity contribution in [3.8, 4) is 0 Å². The number of aliphatic hydroxyl groups excluding tert-OH is 1. The van der Waals surface area contributed by atoms with Crippen LogP contribution in [0.1, 0.15) is 20.3 Å². The van der Waals surface area contributed by atoms with E-state index in [4.69, 9.17) is 0 Å². The van der Waals surface area contributed by atoms with Crippen molar-refractivity contribution in [1.82, 2.24) is 20.9 Å². The highest BCUT2D eigenvalue weighted by molar-refractivity contribution is 8.03. The maximum absolute atomic E-state index is 12.7. The summed E-state index contributed by atoms with van der Waals surface area (Å²) in [7, 11) is 2.22. The first-order valence-electron chi connectivity index (χ1n) is 11.8. The SMILES string of the molecule is C[C@@H](O)C1C(=O)N2C(C(=O)[O-])=C(S[C@@H]3CN[C@H](C(=O)NCC[N+]4(C)CCNCC4)C3)[C@H](C)C12. The van der Waals surface area contributed by atoms with Crippen LogP contribution in [-0.4, -0.2) is 109 Å². The first-order chi connectivity index (χ1) is 15.6. The molecule has 0 saturated carbocycles. The number of carbonyl (C=O) groups is 3. The lowest BCUT2D eigenvalue weighted by atomic mass is 9.79. The van der Waals surface area contributed by atoms with Crippen molar-refractivity contribution in [2.45, 2.75) is 43.7 Å². The van der Waals surface area contributed by atoms with Gasteiger partial charge in [0.2, 0.25) is 11.8 Å². The maximum atomic E-state index is 12.7. The fourth-order valence-electron chi connectivity index (χ4n) is 5.57. The fourth-order valence-corrected chi connectivity index (χ4v) is 7.05. The minimum Gasteiger partial charge on any atom is -0.543 e. The second-order valence-corrected chi connectivity index (χ2v) is 11.4. The van der Waals surface area contributed by atoms with Gasteiger partial charge in [0.25, 0.3) is 0 Å². The van der Waals surface area contributed by atoms with Crippen LogP contribution >= 0.6 is 11.8 Å². The molecule has 2 unspecified atom stereocenters. The van der Waals surface area contributed by atoms with Gasteiger partial charge in [-0.25, -0.2) is 0 Å². The highest BCUT2D eigenvalue weighted by atomic mass is 32.2. The lowest BCUT2D eigenvalue weighted by Gasteiger charge is -2.47. The molecule has 4 rings (SSSR count). The van der Waals surface area contributed by atoms with Gasteiger partial charge in [0.15, 0.2) is 0 Å². The van der Waals surface area contributed by atoms with Gasteiger partial charge in [-0.05, 0) is 13.3 Å². The smallest absolute Gasteiger partial charge is 0.237 e. The minimum atomic E-state index is -1.37. The minimum absolute atomic E-state index is 0.0177. The van der Waals surface area contributed by atoms with Crippen molar-refractivity contribution in [1.29, 1.82) is 0 Å². The molecule has 0 bridgehead atoms. The lowest BCUT2D eigenvalue weighted by molar-refractivity contribution is -0.909. The Morgan fingerprint density at radius 3 is 2.70 bits per heavy atom. The van der Waals surface area contributed by atoms with Crippen molar-refractivity contribution < 1.29 is 29.1 Å². The topological polar surface area (TPSA) is 134 Å². The van der Waals surface area contributed by atoms with Crippen LogP contribution in [-0.2, 0) is 14.4 Å². The summed E-state index contributed by atoms with van der Waals surface area (Å²) in [5, 5.41) is 31.5. The monoisotopic (exact) mass is 481 g/mol. The molecule has 4 N–H and O–H groups in total. The van der Waals surface area contributed by atoms with Crippen LogP contribution in [0.15, 0.2) is 10.6 Å². The number of aliphatic carboxylic acids is 1. The zero-order chi connectivity index (χ0) is 23.9. The zero-order valence-corrected chi connectivity index (χ0v) is 20.3. The summed E-state index contributed by atoms with van der Waals surface area (Å²) < 4.78 is 0.950. The number of rotatable bonds is 8. The highest BCUT2D eigenvalue weighted by Gasteiger charge is 2.59. The second-order valence-electron chi connectivity index (χ2n) is 10.0. The van der Waals surface area contributed by atoms with Gasteiger partial charge < -0.3 is 40.3 Å². The number of carboxylic acid groups (broad SMARTS) is 1. The molecule has 4 aliphatic rings. The summed E-state index contributed by atoms with van der Waals surface area (Å²) >= 11 is 1.42. The zero-order valence-electron chi connectivity index (χ0n) is 19.5. The van der Waals surface area contributed by atoms with E-state index in [9.17, 15) is 24.6 Å². The summed E-state index contributed by atoms with van der Waals surface area (Å²) in [5.41, 5.74) is -0.0692. The Labute approximate surface area is 198 Å². The number of fused-ring (bicyclic) bond motifs is 1. The summed E-state index contributed by atoms with van der Waals surface area (Å²) in [6.07, 6.45) is -0.248. The van der Waals surface area contributed by atoms with Gasteiger partial charge in [-0.15, -0.1) is 11.8 Å². The molecule has 2 amide bonds. The third-order valence-corrected chi connectivity index (χ3v) is 9.12. The first kappa shape index (κ1) is 24.5. The van der Waals surface area contributed by atoms with E-state index in [1.54, 1.807) is 6.92 Å². The lowest BCUT2D eigenvalue weighted by Crippen LogP contribution is -2.64. The van der Waals surface area contributed by atoms with Gasteiger partial charge in [0.1, 0.15) is 0 Å². The molecular formula is C22H35N5O5S. The Bertz CT molecular complexity index is 843. The molecule has 0 spiro atoms. The van der Waals surface area contributed by atoms with Crippen molar-refractivity contribution >= 4 is 29.5 Å². The number of β-lactam (4-membered cyclic amide) rings is 1. The number of piperazine rings is 1. The number of quaternary nitrogens is 1. The average molecular weight is 482 g/mol. The normalized spacial score (nSPS) is 34.1. The summed E-state index contributed by atoms with van der Waals surface area (Å²) in [4.78, 5) is 38.9. The third kappa shape index (κ3) is 4.66. The summed E-state index contributed by atoms with van der Waals surface area (Å²) in [6, 6.07) is -0.667. The molecule has 0 aromatic carbocycles. The molecule has 11 heteroatoms. The molecule has 6 atom stereocenters. The Morgan fingerprint density at radius 1 is 1.36 bits per heavy atom. The number of thioether (sulfide) groups is 1. The van der Waals surface area contributed by atoms with Gasteiger partial charge in [0.05, 0.1) is 69.0 Å². The molecule has 0 radical (unpaired) electrons. The van der Waals surface area contributed by atoms with E-state index in [2.05, 4.69) is 23.0 Å². The predicted octanol–water partition coefficient (Wildman–Crippen LogP) is -2.56. The highest BCUT2D eigenvalue weighted by Crippen LogP contribution is 2.51. The number of nitrogens with one attached hydrogen (secondary N) is 3. The van der Waals surface area contributed by atoms with Crippen LogP contribution in [0, 0.1) is 11.8 Å². The molecule has 0 aliphatic carbocycles. The van der Waals surface area contributed by atoms with Crippen molar-refractivity contribution in [3.05, 3.63) is 10.6 Å². The molecule has 4 heterocycles. The number of nitrogens with zero attached hydrogens (tertiary/aromatic N) is 2. The average Bonchev–Trinajstić information content (AvgIpc) is 3.30. The number of aliphatic hydroxyl groups is 1. The molecule has 33 heavy (non-hydrogen) atoms. The van der Waals surface area contributed by atoms with Gasteiger partial charge in [-0.1, -0.05) is 6.92 Å². The Kier molecular flexibility index (Phi) is 7.07. The van der Waals surface area contributed by atoms with Crippen molar-refractivity contribution in [2.75, 3.05) is 52.9 Å². The molecular weight excluding hydrogens is 446 g/mol. The van der Waals surface area contributed by atoms with E-state index in [-0.39, 0.29) is 40.8 Å². The van der Waals surface area contributed by atoms with E-state index >= 15 is 0 Å². The molecule has 4 aliphatic heterocycles. The summed E-state index contributed by atoms with van der Waals surface area (Å²) in [6.45, 7) is 9.66. The largest absolute Gasteiger partial charge is 0.543 e. The number of likely N-dealkylation sites (N-methyl/N-ethyl adjacent to an activating group) is 1. The second kappa shape index (κ2) is 9.53. The number of amides is 2. The van der Waals surface area contributed by atoms with Crippen LogP contribution in [0.3, 0.4) is 0 Å². The molecule has 3 fully saturated rings. The molecule has 10 nitrogen and oxygen atoms in total. The quantitative estimate of drug-likeness (QED) is 0.220. The number of hydrogen-bond acceptors (Lipinski definition) is 8. The van der Waals surface area contributed by atoms with Crippen molar-refractivity contribution in [3.63, 3.8) is 0 Å². The van der Waals surface area contributed by atoms with Crippen LogP contribution in [0.5, 0.6) is 0 Å². The summed E-state index contributed by atoms with van der Waals surface area (Å²) in [5.74, 6) is -2.54.